The summed E-state index contributed by atoms with van der Waals surface area (Å²) in [6, 6.07) is 19.6. The molecule has 31 heavy (non-hydrogen) atoms. The number of nitrogens with one attached hydrogen (secondary N) is 1. The van der Waals surface area contributed by atoms with Gasteiger partial charge < -0.3 is 10.2 Å². The van der Waals surface area contributed by atoms with Crippen molar-refractivity contribution in [1.82, 2.24) is 4.90 Å². The Morgan fingerprint density at radius 3 is 2.13 bits per heavy atom. The summed E-state index contributed by atoms with van der Waals surface area (Å²) in [7, 11) is 1.55. The Bertz CT molecular complexity index is 1130. The van der Waals surface area contributed by atoms with E-state index in [0.717, 1.165) is 22.4 Å². The van der Waals surface area contributed by atoms with Crippen LogP contribution in [0.4, 0.5) is 5.69 Å². The lowest BCUT2D eigenvalue weighted by Gasteiger charge is -2.19. The highest BCUT2D eigenvalue weighted by Gasteiger charge is 2.22. The normalized spacial score (nSPS) is 10.5. The largest absolute Gasteiger partial charge is 0.332 e. The average Bonchev–Trinajstić information content (AvgIpc) is 2.76. The van der Waals surface area contributed by atoms with Crippen LogP contribution in [-0.4, -0.2) is 36.1 Å². The van der Waals surface area contributed by atoms with Crippen molar-refractivity contribution in [3.8, 4) is 0 Å². The lowest BCUT2D eigenvalue weighted by atomic mass is 9.97. The number of hydrogen-bond acceptors (Lipinski definition) is 3. The van der Waals surface area contributed by atoms with E-state index < -0.39 is 0 Å². The second-order valence-electron chi connectivity index (χ2n) is 7.70. The molecule has 0 aliphatic heterocycles. The number of aryl methyl sites for hydroxylation is 2. The standard InChI is InChI=1S/C26H26N2O3/c1-17-12-14-20(15-13-17)25(30)21-9-5-6-10-22(21)26(31)28(4)16-24(29)27-23-11-7-8-18(2)19(23)3/h5-15H,16H2,1-4H3,(H,27,29). The lowest BCUT2D eigenvalue weighted by Crippen LogP contribution is -2.35. The first-order valence-electron chi connectivity index (χ1n) is 10.1. The third kappa shape index (κ3) is 5.07. The third-order valence-electron chi connectivity index (χ3n) is 5.32. The van der Waals surface area contributed by atoms with E-state index in [4.69, 9.17) is 0 Å². The minimum absolute atomic E-state index is 0.126. The molecule has 0 saturated heterocycles. The number of amides is 2. The van der Waals surface area contributed by atoms with E-state index in [-0.39, 0.29) is 29.7 Å². The van der Waals surface area contributed by atoms with Crippen molar-refractivity contribution in [2.45, 2.75) is 20.8 Å². The van der Waals surface area contributed by atoms with Crippen LogP contribution in [0.2, 0.25) is 0 Å². The summed E-state index contributed by atoms with van der Waals surface area (Å²) in [5.74, 6) is -0.906. The highest BCUT2D eigenvalue weighted by Crippen LogP contribution is 2.19. The van der Waals surface area contributed by atoms with Gasteiger partial charge in [0.05, 0.1) is 12.1 Å². The minimum atomic E-state index is -0.382. The minimum Gasteiger partial charge on any atom is -0.332 e. The summed E-state index contributed by atoms with van der Waals surface area (Å²) in [6.07, 6.45) is 0. The molecule has 0 atom stereocenters. The summed E-state index contributed by atoms with van der Waals surface area (Å²) < 4.78 is 0. The molecule has 0 heterocycles. The van der Waals surface area contributed by atoms with Crippen LogP contribution in [0.25, 0.3) is 0 Å². The molecule has 158 valence electrons. The molecule has 0 radical (unpaired) electrons. The molecule has 3 aromatic rings. The van der Waals surface area contributed by atoms with Crippen LogP contribution in [0.5, 0.6) is 0 Å². The predicted octanol–water partition coefficient (Wildman–Crippen LogP) is 4.55. The molecule has 0 fully saturated rings. The Kier molecular flexibility index (Phi) is 6.65. The van der Waals surface area contributed by atoms with Gasteiger partial charge in [-0.25, -0.2) is 0 Å². The topological polar surface area (TPSA) is 66.5 Å². The van der Waals surface area contributed by atoms with Gasteiger partial charge in [-0.3, -0.25) is 14.4 Å². The number of likely N-dealkylation sites (N-methyl/N-ethyl adjacent to an activating group) is 1. The van der Waals surface area contributed by atoms with Gasteiger partial charge in [0.2, 0.25) is 5.91 Å². The van der Waals surface area contributed by atoms with Crippen LogP contribution < -0.4 is 5.32 Å². The van der Waals surface area contributed by atoms with Crippen LogP contribution in [0.1, 0.15) is 43.0 Å². The molecule has 3 aromatic carbocycles. The summed E-state index contributed by atoms with van der Waals surface area (Å²) in [4.78, 5) is 39.9. The van der Waals surface area contributed by atoms with E-state index in [1.807, 2.05) is 51.1 Å². The van der Waals surface area contributed by atoms with Crippen LogP contribution >= 0.6 is 0 Å². The smallest absolute Gasteiger partial charge is 0.254 e. The van der Waals surface area contributed by atoms with E-state index in [1.54, 1.807) is 43.4 Å². The fourth-order valence-corrected chi connectivity index (χ4v) is 3.30. The zero-order valence-electron chi connectivity index (χ0n) is 18.2. The zero-order valence-corrected chi connectivity index (χ0v) is 18.2. The molecule has 5 heteroatoms. The highest BCUT2D eigenvalue weighted by atomic mass is 16.2. The van der Waals surface area contributed by atoms with E-state index in [9.17, 15) is 14.4 Å². The number of nitrogens with zero attached hydrogens (tertiary/aromatic N) is 1. The van der Waals surface area contributed by atoms with E-state index >= 15 is 0 Å². The van der Waals surface area contributed by atoms with Gasteiger partial charge >= 0.3 is 0 Å². The van der Waals surface area contributed by atoms with Gasteiger partial charge in [-0.05, 0) is 44.0 Å². The monoisotopic (exact) mass is 414 g/mol. The number of hydrogen-bond donors (Lipinski definition) is 1. The third-order valence-corrected chi connectivity index (χ3v) is 5.32. The summed E-state index contributed by atoms with van der Waals surface area (Å²) in [5, 5.41) is 2.86. The highest BCUT2D eigenvalue weighted by molar-refractivity contribution is 6.15. The van der Waals surface area contributed by atoms with E-state index in [1.165, 1.54) is 4.90 Å². The van der Waals surface area contributed by atoms with Crippen molar-refractivity contribution in [3.05, 3.63) is 100 Å². The van der Waals surface area contributed by atoms with Crippen LogP contribution in [0.15, 0.2) is 66.7 Å². The maximum Gasteiger partial charge on any atom is 0.254 e. The number of benzene rings is 3. The van der Waals surface area contributed by atoms with Crippen molar-refractivity contribution in [3.63, 3.8) is 0 Å². The summed E-state index contributed by atoms with van der Waals surface area (Å²) >= 11 is 0. The van der Waals surface area contributed by atoms with Crippen molar-refractivity contribution in [2.24, 2.45) is 0 Å². The molecule has 0 aromatic heterocycles. The van der Waals surface area contributed by atoms with Crippen molar-refractivity contribution < 1.29 is 14.4 Å². The van der Waals surface area contributed by atoms with Gasteiger partial charge in [0.25, 0.3) is 5.91 Å². The van der Waals surface area contributed by atoms with Gasteiger partial charge in [-0.1, -0.05) is 60.2 Å². The van der Waals surface area contributed by atoms with Crippen molar-refractivity contribution >= 4 is 23.3 Å². The second kappa shape index (κ2) is 9.39. The van der Waals surface area contributed by atoms with E-state index in [2.05, 4.69) is 5.32 Å². The molecule has 0 spiro atoms. The molecule has 0 aliphatic rings. The van der Waals surface area contributed by atoms with Crippen molar-refractivity contribution in [1.29, 1.82) is 0 Å². The summed E-state index contributed by atoms with van der Waals surface area (Å²) in [6.45, 7) is 5.73. The quantitative estimate of drug-likeness (QED) is 0.602. The van der Waals surface area contributed by atoms with Gasteiger partial charge in [0.1, 0.15) is 0 Å². The molecule has 3 rings (SSSR count). The molecule has 0 saturated carbocycles. The SMILES string of the molecule is Cc1ccc(C(=O)c2ccccc2C(=O)N(C)CC(=O)Nc2cccc(C)c2C)cc1. The molecule has 2 amide bonds. The molecular formula is C26H26N2O3. The number of anilines is 1. The molecular weight excluding hydrogens is 388 g/mol. The zero-order chi connectivity index (χ0) is 22.5. The number of ketones is 1. The van der Waals surface area contributed by atoms with Crippen molar-refractivity contribution in [2.75, 3.05) is 18.9 Å². The number of carbonyl (C=O) groups excluding carboxylic acids is 3. The summed E-state index contributed by atoms with van der Waals surface area (Å²) in [5.41, 5.74) is 4.94. The molecule has 0 aliphatic carbocycles. The Morgan fingerprint density at radius 1 is 0.806 bits per heavy atom. The lowest BCUT2D eigenvalue weighted by molar-refractivity contribution is -0.116. The van der Waals surface area contributed by atoms with Crippen LogP contribution in [-0.2, 0) is 4.79 Å². The van der Waals surface area contributed by atoms with E-state index in [0.29, 0.717) is 11.1 Å². The van der Waals surface area contributed by atoms with Gasteiger partial charge in [0, 0.05) is 23.9 Å². The number of rotatable bonds is 6. The maximum absolute atomic E-state index is 13.1. The van der Waals surface area contributed by atoms with Gasteiger partial charge in [-0.2, -0.15) is 0 Å². The fourth-order valence-electron chi connectivity index (χ4n) is 3.30. The predicted molar refractivity (Wildman–Crippen MR) is 123 cm³/mol. The van der Waals surface area contributed by atoms with Crippen LogP contribution in [0, 0.1) is 20.8 Å². The van der Waals surface area contributed by atoms with Gasteiger partial charge in [-0.15, -0.1) is 0 Å². The molecule has 5 nitrogen and oxygen atoms in total. The first kappa shape index (κ1) is 22.0. The Morgan fingerprint density at radius 2 is 1.45 bits per heavy atom. The first-order valence-corrected chi connectivity index (χ1v) is 10.1. The van der Waals surface area contributed by atoms with Crippen LogP contribution in [0.3, 0.4) is 0 Å². The average molecular weight is 415 g/mol. The Balaban J connectivity index is 1.76. The Hall–Kier alpha value is -3.73. The number of carbonyl (C=O) groups is 3. The first-order chi connectivity index (χ1) is 14.8. The van der Waals surface area contributed by atoms with Gasteiger partial charge in [0.15, 0.2) is 5.78 Å². The maximum atomic E-state index is 13.1. The molecule has 0 bridgehead atoms. The second-order valence-corrected chi connectivity index (χ2v) is 7.70. The fraction of sp³-hybridized carbons (Fsp3) is 0.192. The molecule has 1 N–H and O–H groups in total. The molecule has 0 unspecified atom stereocenters. The Labute approximate surface area is 182 Å².